The summed E-state index contributed by atoms with van der Waals surface area (Å²) in [5.74, 6) is 0.331. The first-order chi connectivity index (χ1) is 16.7. The van der Waals surface area contributed by atoms with Crippen molar-refractivity contribution in [1.82, 2.24) is 9.78 Å². The lowest BCUT2D eigenvalue weighted by molar-refractivity contribution is 0.102. The van der Waals surface area contributed by atoms with Gasteiger partial charge in [-0.05, 0) is 66.7 Å². The fourth-order valence-corrected chi connectivity index (χ4v) is 4.66. The molecule has 0 unspecified atom stereocenters. The van der Waals surface area contributed by atoms with E-state index in [9.17, 15) is 13.2 Å². The highest BCUT2D eigenvalue weighted by Crippen LogP contribution is 2.29. The monoisotopic (exact) mass is 531 g/mol. The van der Waals surface area contributed by atoms with Gasteiger partial charge in [-0.25, -0.2) is 13.1 Å². The van der Waals surface area contributed by atoms with Crippen LogP contribution >= 0.6 is 23.2 Å². The first kappa shape index (κ1) is 24.6. The molecular formula is C24H19Cl2N3O5S. The fourth-order valence-electron chi connectivity index (χ4n) is 3.09. The summed E-state index contributed by atoms with van der Waals surface area (Å²) in [5, 5.41) is 7.88. The van der Waals surface area contributed by atoms with Crippen LogP contribution in [0, 0.1) is 0 Å². The molecular weight excluding hydrogens is 513 g/mol. The molecule has 0 spiro atoms. The third-order valence-corrected chi connectivity index (χ3v) is 7.11. The van der Waals surface area contributed by atoms with Crippen molar-refractivity contribution in [2.45, 2.75) is 16.5 Å². The highest BCUT2D eigenvalue weighted by atomic mass is 35.5. The number of ether oxygens (including phenoxy) is 2. The summed E-state index contributed by atoms with van der Waals surface area (Å²) in [5.41, 5.74) is 0.350. The maximum atomic E-state index is 13.1. The molecule has 0 aliphatic carbocycles. The first-order valence-electron chi connectivity index (χ1n) is 10.2. The molecule has 180 valence electrons. The third-order valence-electron chi connectivity index (χ3n) is 4.86. The van der Waals surface area contributed by atoms with E-state index in [1.165, 1.54) is 60.3 Å². The maximum absolute atomic E-state index is 13.1. The van der Waals surface area contributed by atoms with Gasteiger partial charge in [0.2, 0.25) is 9.84 Å². The van der Waals surface area contributed by atoms with Gasteiger partial charge in [0, 0.05) is 28.0 Å². The molecule has 1 N–H and O–H groups in total. The Balaban J connectivity index is 1.50. The minimum atomic E-state index is -3.88. The topological polar surface area (TPSA) is 99.5 Å². The molecule has 0 atom stereocenters. The number of benzene rings is 3. The Bertz CT molecular complexity index is 1450. The smallest absolute Gasteiger partial charge is 0.276 e. The number of amides is 1. The van der Waals surface area contributed by atoms with Gasteiger partial charge in [0.15, 0.2) is 12.4 Å². The lowest BCUT2D eigenvalue weighted by Crippen LogP contribution is -2.15. The largest absolute Gasteiger partial charge is 0.497 e. The number of carbonyl (C=O) groups excluding carboxylic acids is 1. The van der Waals surface area contributed by atoms with Crippen LogP contribution in [0.3, 0.4) is 0 Å². The van der Waals surface area contributed by atoms with Crippen LogP contribution < -0.4 is 14.8 Å². The van der Waals surface area contributed by atoms with E-state index < -0.39 is 15.7 Å². The Kier molecular flexibility index (Phi) is 7.30. The van der Waals surface area contributed by atoms with Gasteiger partial charge < -0.3 is 14.8 Å². The molecule has 0 saturated carbocycles. The van der Waals surface area contributed by atoms with Crippen LogP contribution in [-0.2, 0) is 16.6 Å². The molecule has 0 bridgehead atoms. The zero-order valence-corrected chi connectivity index (χ0v) is 20.6. The number of hydrogen-bond acceptors (Lipinski definition) is 6. The van der Waals surface area contributed by atoms with Crippen LogP contribution in [0.1, 0.15) is 10.5 Å². The molecule has 4 rings (SSSR count). The van der Waals surface area contributed by atoms with Gasteiger partial charge >= 0.3 is 0 Å². The highest BCUT2D eigenvalue weighted by Gasteiger charge is 2.20. The van der Waals surface area contributed by atoms with Crippen molar-refractivity contribution < 1.29 is 22.7 Å². The van der Waals surface area contributed by atoms with Gasteiger partial charge in [-0.2, -0.15) is 5.10 Å². The number of carbonyl (C=O) groups is 1. The van der Waals surface area contributed by atoms with Gasteiger partial charge in [0.1, 0.15) is 11.5 Å². The maximum Gasteiger partial charge on any atom is 0.276 e. The Morgan fingerprint density at radius 3 is 2.23 bits per heavy atom. The van der Waals surface area contributed by atoms with Gasteiger partial charge in [0.05, 0.1) is 16.9 Å². The second kappa shape index (κ2) is 10.4. The number of methoxy groups -OCH3 is 1. The minimum absolute atomic E-state index is 0.0450. The van der Waals surface area contributed by atoms with Crippen LogP contribution in [-0.4, -0.2) is 31.2 Å². The molecule has 35 heavy (non-hydrogen) atoms. The van der Waals surface area contributed by atoms with Crippen molar-refractivity contribution in [3.05, 3.63) is 94.7 Å². The molecule has 1 amide bonds. The molecule has 1 aromatic heterocycles. The Morgan fingerprint density at radius 1 is 0.914 bits per heavy atom. The van der Waals surface area contributed by atoms with Crippen molar-refractivity contribution in [3.8, 4) is 11.5 Å². The predicted molar refractivity (Wildman–Crippen MR) is 132 cm³/mol. The first-order valence-corrected chi connectivity index (χ1v) is 12.4. The van der Waals surface area contributed by atoms with E-state index in [1.54, 1.807) is 30.5 Å². The number of sulfone groups is 1. The number of nitrogens with one attached hydrogen (secondary N) is 1. The summed E-state index contributed by atoms with van der Waals surface area (Å²) >= 11 is 11.7. The SMILES string of the molecule is COc1cc(NC(=O)c2ccn(COc3ccc(Cl)cc3)n2)cc(S(=O)(=O)c2ccc(Cl)cc2)c1. The van der Waals surface area contributed by atoms with Crippen LogP contribution in [0.15, 0.2) is 88.8 Å². The normalized spacial score (nSPS) is 11.2. The van der Waals surface area contributed by atoms with Crippen molar-refractivity contribution in [3.63, 3.8) is 0 Å². The van der Waals surface area contributed by atoms with Crippen molar-refractivity contribution in [2.24, 2.45) is 0 Å². The minimum Gasteiger partial charge on any atom is -0.497 e. The molecule has 4 aromatic rings. The molecule has 1 heterocycles. The average Bonchev–Trinajstić information content (AvgIpc) is 3.33. The van der Waals surface area contributed by atoms with Crippen molar-refractivity contribution in [2.75, 3.05) is 12.4 Å². The predicted octanol–water partition coefficient (Wildman–Crippen LogP) is 5.32. The summed E-state index contributed by atoms with van der Waals surface area (Å²) in [6.07, 6.45) is 1.59. The van der Waals surface area contributed by atoms with E-state index in [2.05, 4.69) is 10.4 Å². The number of aromatic nitrogens is 2. The number of halogens is 2. The average molecular weight is 532 g/mol. The van der Waals surface area contributed by atoms with E-state index in [1.807, 2.05) is 0 Å². The summed E-state index contributed by atoms with van der Waals surface area (Å²) in [7, 11) is -2.47. The Morgan fingerprint density at radius 2 is 1.57 bits per heavy atom. The Labute approximate surface area is 211 Å². The number of rotatable bonds is 8. The van der Waals surface area contributed by atoms with Gasteiger partial charge in [-0.3, -0.25) is 4.79 Å². The zero-order valence-electron chi connectivity index (χ0n) is 18.3. The molecule has 0 saturated heterocycles. The number of anilines is 1. The van der Waals surface area contributed by atoms with Crippen LogP contribution in [0.4, 0.5) is 5.69 Å². The van der Waals surface area contributed by atoms with Crippen LogP contribution in [0.25, 0.3) is 0 Å². The van der Waals surface area contributed by atoms with Gasteiger partial charge in [-0.1, -0.05) is 23.2 Å². The van der Waals surface area contributed by atoms with E-state index in [4.69, 9.17) is 32.7 Å². The molecule has 0 fully saturated rings. The summed E-state index contributed by atoms with van der Waals surface area (Å²) < 4.78 is 38.5. The van der Waals surface area contributed by atoms with E-state index in [-0.39, 0.29) is 33.7 Å². The molecule has 0 aliphatic rings. The van der Waals surface area contributed by atoms with Gasteiger partial charge in [-0.15, -0.1) is 0 Å². The third kappa shape index (κ3) is 5.94. The molecule has 0 aliphatic heterocycles. The lowest BCUT2D eigenvalue weighted by atomic mass is 10.3. The number of hydrogen-bond donors (Lipinski definition) is 1. The second-order valence-corrected chi connectivity index (χ2v) is 10.1. The molecule has 8 nitrogen and oxygen atoms in total. The Hall–Kier alpha value is -3.53. The zero-order chi connectivity index (χ0) is 25.0. The van der Waals surface area contributed by atoms with Crippen molar-refractivity contribution in [1.29, 1.82) is 0 Å². The molecule has 0 radical (unpaired) electrons. The van der Waals surface area contributed by atoms with Gasteiger partial charge in [0.25, 0.3) is 5.91 Å². The number of nitrogens with zero attached hydrogens (tertiary/aromatic N) is 2. The highest BCUT2D eigenvalue weighted by molar-refractivity contribution is 7.91. The van der Waals surface area contributed by atoms with Crippen LogP contribution in [0.2, 0.25) is 10.0 Å². The molecule has 11 heteroatoms. The summed E-state index contributed by atoms with van der Waals surface area (Å²) in [6.45, 7) is 0.0809. The van der Waals surface area contributed by atoms with E-state index in [0.717, 1.165) is 0 Å². The van der Waals surface area contributed by atoms with E-state index in [0.29, 0.717) is 15.8 Å². The van der Waals surface area contributed by atoms with Crippen molar-refractivity contribution >= 4 is 44.6 Å². The summed E-state index contributed by atoms with van der Waals surface area (Å²) in [6, 6.07) is 18.4. The quantitative estimate of drug-likeness (QED) is 0.330. The molecule has 3 aromatic carbocycles. The van der Waals surface area contributed by atoms with Crippen LogP contribution in [0.5, 0.6) is 11.5 Å². The van der Waals surface area contributed by atoms with E-state index >= 15 is 0 Å². The fraction of sp³-hybridized carbons (Fsp3) is 0.0833. The lowest BCUT2D eigenvalue weighted by Gasteiger charge is -2.11. The second-order valence-electron chi connectivity index (χ2n) is 7.28. The standard InChI is InChI=1S/C24H19Cl2N3O5S/c1-33-20-12-18(13-22(14-20)35(31,32)21-8-4-17(26)5-9-21)27-24(30)23-10-11-29(28-23)15-34-19-6-2-16(25)3-7-19/h2-14H,15H2,1H3,(H,27,30). The summed E-state index contributed by atoms with van der Waals surface area (Å²) in [4.78, 5) is 12.8.